The highest BCUT2D eigenvalue weighted by molar-refractivity contribution is 7.92. The average molecular weight is 732 g/mol. The van der Waals surface area contributed by atoms with Crippen molar-refractivity contribution in [3.63, 3.8) is 0 Å². The van der Waals surface area contributed by atoms with Crippen LogP contribution in [0.5, 0.6) is 11.6 Å². The summed E-state index contributed by atoms with van der Waals surface area (Å²) in [7, 11) is 0.922. The molecule has 12 nitrogen and oxygen atoms in total. The number of rotatable bonds is 4. The van der Waals surface area contributed by atoms with E-state index in [-0.39, 0.29) is 40.2 Å². The molecule has 13 heteroatoms. The predicted molar refractivity (Wildman–Crippen MR) is 198 cm³/mol. The number of benzene rings is 2. The zero-order valence-corrected chi connectivity index (χ0v) is 31.4. The van der Waals surface area contributed by atoms with Crippen LogP contribution in [0.2, 0.25) is 0 Å². The highest BCUT2D eigenvalue weighted by Crippen LogP contribution is 2.47. The Balaban J connectivity index is 1.32. The maximum absolute atomic E-state index is 14.6. The highest BCUT2D eigenvalue weighted by atomic mass is 32.2. The number of aliphatic hydroxyl groups is 1. The van der Waals surface area contributed by atoms with Crippen LogP contribution in [0.3, 0.4) is 0 Å². The van der Waals surface area contributed by atoms with Crippen LogP contribution in [0, 0.1) is 24.7 Å². The van der Waals surface area contributed by atoms with Crippen molar-refractivity contribution in [2.24, 2.45) is 29.2 Å². The number of hydrogen-bond acceptors (Lipinski definition) is 9. The number of fused-ring (bicyclic) bond motifs is 4. The lowest BCUT2D eigenvalue weighted by Crippen LogP contribution is -2.49. The molecule has 2 N–H and O–H groups in total. The summed E-state index contributed by atoms with van der Waals surface area (Å²) in [4.78, 5) is 29.9. The summed E-state index contributed by atoms with van der Waals surface area (Å²) >= 11 is 0. The van der Waals surface area contributed by atoms with Crippen molar-refractivity contribution in [2.45, 2.75) is 63.6 Å². The predicted octanol–water partition coefficient (Wildman–Crippen LogP) is 4.77. The topological polar surface area (TPSA) is 145 Å². The second kappa shape index (κ2) is 14.3. The number of nitrogens with zero attached hydrogens (tertiary/aromatic N) is 4. The first-order chi connectivity index (χ1) is 24.9. The minimum Gasteiger partial charge on any atom is -0.490 e. The summed E-state index contributed by atoms with van der Waals surface area (Å²) < 4.78 is 40.6. The van der Waals surface area contributed by atoms with Crippen molar-refractivity contribution in [3.05, 3.63) is 82.6 Å². The van der Waals surface area contributed by atoms with E-state index in [0.29, 0.717) is 24.8 Å². The molecule has 1 aromatic heterocycles. The van der Waals surface area contributed by atoms with Crippen molar-refractivity contribution in [1.29, 1.82) is 0 Å². The molecule has 0 saturated heterocycles. The Morgan fingerprint density at radius 1 is 1.15 bits per heavy atom. The van der Waals surface area contributed by atoms with Gasteiger partial charge >= 0.3 is 0 Å². The van der Waals surface area contributed by atoms with Crippen LogP contribution in [-0.2, 0) is 33.5 Å². The lowest BCUT2D eigenvalue weighted by molar-refractivity contribution is 0.0124. The third-order valence-electron chi connectivity index (χ3n) is 11.4. The lowest BCUT2D eigenvalue weighted by atomic mass is 9.68. The van der Waals surface area contributed by atoms with E-state index < -0.39 is 33.8 Å². The Bertz CT molecular complexity index is 2020. The van der Waals surface area contributed by atoms with Gasteiger partial charge in [-0.05, 0) is 86.1 Å². The molecular formula is C39H49N5O7S. The van der Waals surface area contributed by atoms with Crippen LogP contribution in [0.1, 0.15) is 70.0 Å². The summed E-state index contributed by atoms with van der Waals surface area (Å²) in [5, 5.41) is 15.4. The molecule has 2 aromatic carbocycles. The number of ether oxygens (including phenoxy) is 3. The number of carbonyl (C=O) groups excluding carboxylic acids is 2. The first-order valence-corrected chi connectivity index (χ1v) is 19.8. The molecular weight excluding hydrogens is 683 g/mol. The van der Waals surface area contributed by atoms with E-state index >= 15 is 0 Å². The Morgan fingerprint density at radius 2 is 1.98 bits per heavy atom. The summed E-state index contributed by atoms with van der Waals surface area (Å²) in [6.45, 7) is 5.78. The number of aliphatic hydroxyl groups excluding tert-OH is 1. The Labute approximate surface area is 305 Å². The summed E-state index contributed by atoms with van der Waals surface area (Å²) in [6.07, 6.45) is 8.82. The van der Waals surface area contributed by atoms with E-state index in [4.69, 9.17) is 14.2 Å². The van der Waals surface area contributed by atoms with Gasteiger partial charge in [0.25, 0.3) is 11.8 Å². The number of amides is 2. The number of carbonyl (C=O) groups is 2. The molecule has 1 saturated carbocycles. The minimum atomic E-state index is -3.78. The van der Waals surface area contributed by atoms with Crippen molar-refractivity contribution in [2.75, 3.05) is 44.6 Å². The Morgan fingerprint density at radius 3 is 2.73 bits per heavy atom. The maximum atomic E-state index is 14.6. The number of anilines is 1. The molecule has 4 aliphatic rings. The molecule has 3 aromatic rings. The number of aromatic nitrogens is 2. The summed E-state index contributed by atoms with van der Waals surface area (Å²) in [5.74, 6) is -1.18. The molecule has 278 valence electrons. The van der Waals surface area contributed by atoms with Gasteiger partial charge in [-0.2, -0.15) is 0 Å². The summed E-state index contributed by atoms with van der Waals surface area (Å²) in [6, 6.07) is 12.0. The third kappa shape index (κ3) is 6.97. The van der Waals surface area contributed by atoms with Gasteiger partial charge in [-0.15, -0.1) is 9.46 Å². The SMILES string of the molecule is COc1nn(C)cc1C(=O)NS1(=O)=NC(=O)c2ccc3c(c2)N(C[C@@H]2CC[C@H]2[C@@H](OC)/C=C/[C@H](O)[C@H](C)C1)C[C@@]1(CCCc2cc(C)ccc21)CO3. The van der Waals surface area contributed by atoms with Gasteiger partial charge in [0, 0.05) is 44.4 Å². The van der Waals surface area contributed by atoms with Gasteiger partial charge in [-0.1, -0.05) is 42.8 Å². The average Bonchev–Trinajstić information content (AvgIpc) is 3.42. The van der Waals surface area contributed by atoms with Gasteiger partial charge in [0.2, 0.25) is 5.88 Å². The second-order valence-corrected chi connectivity index (χ2v) is 17.1. The molecule has 7 atom stereocenters. The van der Waals surface area contributed by atoms with Crippen LogP contribution in [-0.4, -0.2) is 82.8 Å². The highest BCUT2D eigenvalue weighted by Gasteiger charge is 2.44. The fourth-order valence-electron chi connectivity index (χ4n) is 8.47. The van der Waals surface area contributed by atoms with Crippen LogP contribution in [0.25, 0.3) is 0 Å². The Kier molecular flexibility index (Phi) is 9.96. The standard InChI is InChI=1S/C39H49N5O7S/c1-24-8-12-31-26(17-24)7-6-16-39(31)22-44-19-28-9-11-29(28)34(49-4)15-13-33(45)25(2)21-52(48,42-37(47)30-20-43(3)40-38(30)50-5)41-36(46)27-10-14-35(51-23-39)32(44)18-27/h8,10,12-15,17-18,20,25,28-29,33-34,45H,6-7,9,11,16,19,21-23H2,1-5H3,(H,41,42,46,47,48)/b15-13+/t25-,28+,29-,33+,34+,39+,52?/m1/s1. The molecule has 2 aliphatic heterocycles. The van der Waals surface area contributed by atoms with Gasteiger partial charge in [0.05, 0.1) is 37.4 Å². The first kappa shape index (κ1) is 36.2. The van der Waals surface area contributed by atoms with E-state index in [1.807, 2.05) is 6.08 Å². The van der Waals surface area contributed by atoms with E-state index in [0.717, 1.165) is 44.3 Å². The molecule has 1 unspecified atom stereocenters. The fourth-order valence-corrected chi connectivity index (χ4v) is 10.4. The molecule has 1 fully saturated rings. The molecule has 52 heavy (non-hydrogen) atoms. The van der Waals surface area contributed by atoms with Crippen molar-refractivity contribution < 1.29 is 33.1 Å². The number of methoxy groups -OCH3 is 2. The second-order valence-electron chi connectivity index (χ2n) is 15.1. The monoisotopic (exact) mass is 731 g/mol. The van der Waals surface area contributed by atoms with E-state index in [1.54, 1.807) is 45.4 Å². The number of hydrogen-bond donors (Lipinski definition) is 2. The van der Waals surface area contributed by atoms with Crippen LogP contribution in [0.15, 0.2) is 59.1 Å². The molecule has 2 bridgehead atoms. The first-order valence-electron chi connectivity index (χ1n) is 18.1. The van der Waals surface area contributed by atoms with Gasteiger partial charge < -0.3 is 24.2 Å². The Hall–Kier alpha value is -4.20. The molecule has 2 amide bonds. The number of aryl methyl sites for hydroxylation is 3. The van der Waals surface area contributed by atoms with Crippen molar-refractivity contribution in [1.82, 2.24) is 14.5 Å². The largest absolute Gasteiger partial charge is 0.490 e. The zero-order chi connectivity index (χ0) is 36.8. The molecule has 0 radical (unpaired) electrons. The van der Waals surface area contributed by atoms with Crippen LogP contribution in [0.4, 0.5) is 5.69 Å². The molecule has 1 spiro atoms. The zero-order valence-electron chi connectivity index (χ0n) is 30.5. The summed E-state index contributed by atoms with van der Waals surface area (Å²) in [5.41, 5.74) is 4.74. The van der Waals surface area contributed by atoms with E-state index in [2.05, 4.69) is 44.2 Å². The molecule has 2 aliphatic carbocycles. The molecule has 7 rings (SSSR count). The number of nitrogens with one attached hydrogen (secondary N) is 1. The van der Waals surface area contributed by atoms with Gasteiger partial charge in [0.15, 0.2) is 0 Å². The lowest BCUT2D eigenvalue weighted by Gasteiger charge is -2.46. The molecule has 3 heterocycles. The van der Waals surface area contributed by atoms with Crippen LogP contribution < -0.4 is 19.1 Å². The van der Waals surface area contributed by atoms with Gasteiger partial charge in [-0.25, -0.2) is 4.21 Å². The maximum Gasteiger partial charge on any atom is 0.286 e. The minimum absolute atomic E-state index is 0.0396. The van der Waals surface area contributed by atoms with Gasteiger partial charge in [0.1, 0.15) is 21.2 Å². The smallest absolute Gasteiger partial charge is 0.286 e. The fraction of sp³-hybridized carbons (Fsp3) is 0.513. The normalized spacial score (nSPS) is 30.8. The quantitative estimate of drug-likeness (QED) is 0.363. The van der Waals surface area contributed by atoms with E-state index in [1.165, 1.54) is 34.7 Å². The van der Waals surface area contributed by atoms with Crippen LogP contribution >= 0.6 is 0 Å². The van der Waals surface area contributed by atoms with Crippen molar-refractivity contribution >= 4 is 27.4 Å². The third-order valence-corrected chi connectivity index (χ3v) is 13.3. The van der Waals surface area contributed by atoms with E-state index in [9.17, 15) is 18.9 Å². The van der Waals surface area contributed by atoms with Crippen molar-refractivity contribution in [3.8, 4) is 11.6 Å². The van der Waals surface area contributed by atoms with Gasteiger partial charge in [-0.3, -0.25) is 19.0 Å².